The van der Waals surface area contributed by atoms with Crippen LogP contribution in [0.2, 0.25) is 0 Å². The molecule has 0 amide bonds. The fourth-order valence-corrected chi connectivity index (χ4v) is 6.38. The van der Waals surface area contributed by atoms with E-state index >= 15 is 0 Å². The first-order valence-corrected chi connectivity index (χ1v) is 15.6. The van der Waals surface area contributed by atoms with Gasteiger partial charge < -0.3 is 23.5 Å². The van der Waals surface area contributed by atoms with E-state index in [1.54, 1.807) is 4.57 Å². The molecular formula is C35H47N5O3. The molecule has 0 fully saturated rings. The number of anilines is 2. The first kappa shape index (κ1) is 30.7. The highest BCUT2D eigenvalue weighted by atomic mass is 16.5. The van der Waals surface area contributed by atoms with Crippen molar-refractivity contribution in [2.75, 3.05) is 56.2 Å². The fourth-order valence-electron chi connectivity index (χ4n) is 6.38. The lowest BCUT2D eigenvalue weighted by Gasteiger charge is -2.30. The van der Waals surface area contributed by atoms with Crippen LogP contribution >= 0.6 is 0 Å². The van der Waals surface area contributed by atoms with Crippen molar-refractivity contribution in [1.82, 2.24) is 14.5 Å². The maximum Gasteiger partial charge on any atom is 0.261 e. The van der Waals surface area contributed by atoms with E-state index in [2.05, 4.69) is 78.7 Å². The molecule has 230 valence electrons. The Bertz CT molecular complexity index is 1590. The first-order valence-electron chi connectivity index (χ1n) is 15.6. The smallest absolute Gasteiger partial charge is 0.261 e. The van der Waals surface area contributed by atoms with Gasteiger partial charge in [-0.25, -0.2) is 0 Å². The van der Waals surface area contributed by atoms with Crippen LogP contribution in [0.3, 0.4) is 0 Å². The van der Waals surface area contributed by atoms with Gasteiger partial charge in [0.1, 0.15) is 17.1 Å². The minimum absolute atomic E-state index is 0.00791. The molecule has 1 aliphatic rings. The zero-order valence-electron chi connectivity index (χ0n) is 26.7. The van der Waals surface area contributed by atoms with Crippen molar-refractivity contribution in [3.63, 3.8) is 0 Å². The largest absolute Gasteiger partial charge is 0.493 e. The number of pyridine rings is 2. The summed E-state index contributed by atoms with van der Waals surface area (Å²) in [7, 11) is 2.18. The first-order chi connectivity index (χ1) is 20.7. The van der Waals surface area contributed by atoms with Crippen molar-refractivity contribution in [2.24, 2.45) is 5.41 Å². The zero-order chi connectivity index (χ0) is 30.6. The average molecular weight is 586 g/mol. The quantitative estimate of drug-likeness (QED) is 0.185. The van der Waals surface area contributed by atoms with Crippen molar-refractivity contribution in [3.8, 4) is 5.75 Å². The van der Waals surface area contributed by atoms with Gasteiger partial charge in [-0.1, -0.05) is 26.8 Å². The molecule has 4 aromatic rings. The average Bonchev–Trinajstić information content (AvgIpc) is 3.34. The molecule has 0 atom stereocenters. The Morgan fingerprint density at radius 2 is 1.91 bits per heavy atom. The second-order valence-electron chi connectivity index (χ2n) is 12.6. The number of rotatable bonds is 12. The monoisotopic (exact) mass is 585 g/mol. The zero-order valence-corrected chi connectivity index (χ0v) is 26.7. The van der Waals surface area contributed by atoms with Gasteiger partial charge in [0.05, 0.1) is 23.4 Å². The van der Waals surface area contributed by atoms with Crippen LogP contribution in [0.25, 0.3) is 11.0 Å². The number of benzene rings is 1. The number of hydrogen-bond donors (Lipinski definition) is 0. The predicted octanol–water partition coefficient (Wildman–Crippen LogP) is 6.13. The molecule has 43 heavy (non-hydrogen) atoms. The number of aromatic nitrogens is 2. The molecule has 0 aliphatic carbocycles. The summed E-state index contributed by atoms with van der Waals surface area (Å²) < 4.78 is 13.7. The number of fused-ring (bicyclic) bond motifs is 2. The third kappa shape index (κ3) is 7.24. The van der Waals surface area contributed by atoms with E-state index in [1.165, 1.54) is 16.9 Å². The van der Waals surface area contributed by atoms with Gasteiger partial charge in [-0.15, -0.1) is 0 Å². The summed E-state index contributed by atoms with van der Waals surface area (Å²) in [6, 6.07) is 14.4. The number of aryl methyl sites for hydroxylation is 2. The molecule has 4 heterocycles. The van der Waals surface area contributed by atoms with Crippen LogP contribution in [-0.4, -0.2) is 60.8 Å². The molecule has 0 radical (unpaired) electrons. The molecule has 1 aliphatic heterocycles. The van der Waals surface area contributed by atoms with Gasteiger partial charge in [-0.3, -0.25) is 14.7 Å². The summed E-state index contributed by atoms with van der Waals surface area (Å²) in [4.78, 5) is 24.9. The van der Waals surface area contributed by atoms with E-state index in [9.17, 15) is 4.79 Å². The molecule has 1 aromatic carbocycles. The predicted molar refractivity (Wildman–Crippen MR) is 176 cm³/mol. The topological polar surface area (TPSA) is 67.0 Å². The van der Waals surface area contributed by atoms with E-state index < -0.39 is 0 Å². The molecule has 0 saturated carbocycles. The molecule has 3 aromatic heterocycles. The van der Waals surface area contributed by atoms with Gasteiger partial charge >= 0.3 is 0 Å². The summed E-state index contributed by atoms with van der Waals surface area (Å²) >= 11 is 0. The molecular weight excluding hydrogens is 538 g/mol. The van der Waals surface area contributed by atoms with Crippen molar-refractivity contribution >= 4 is 22.3 Å². The number of ether oxygens (including phenoxy) is 1. The van der Waals surface area contributed by atoms with Crippen LogP contribution in [0, 0.1) is 12.3 Å². The van der Waals surface area contributed by atoms with Crippen LogP contribution in [0.1, 0.15) is 51.1 Å². The van der Waals surface area contributed by atoms with Gasteiger partial charge in [-0.05, 0) is 68.0 Å². The third-order valence-electron chi connectivity index (χ3n) is 8.40. The van der Waals surface area contributed by atoms with Gasteiger partial charge in [-0.2, -0.15) is 0 Å². The standard InChI is InChI=1S/C35H47N5O3/c1-7-30-27(11-9-15-36-30)23-38(18-19-40-17-14-33-29(34(40)41)21-26(3)43-33)16-10-20-42-28-12-13-31-32(22-28)37(6)24-35(4,5)25-39(31)8-2/h9,11-15,17,21-22H,7-8,10,16,18-20,23-25H2,1-6H3. The summed E-state index contributed by atoms with van der Waals surface area (Å²) in [5.41, 5.74) is 5.69. The van der Waals surface area contributed by atoms with Gasteiger partial charge in [0.2, 0.25) is 0 Å². The Balaban J connectivity index is 1.25. The van der Waals surface area contributed by atoms with Gasteiger partial charge in [0.25, 0.3) is 5.56 Å². The van der Waals surface area contributed by atoms with Crippen LogP contribution in [0.4, 0.5) is 11.4 Å². The fraction of sp³-hybridized carbons (Fsp3) is 0.486. The highest BCUT2D eigenvalue weighted by Gasteiger charge is 2.29. The van der Waals surface area contributed by atoms with Crippen molar-refractivity contribution < 1.29 is 9.15 Å². The van der Waals surface area contributed by atoms with Crippen LogP contribution in [-0.2, 0) is 19.5 Å². The molecule has 0 N–H and O–H groups in total. The Hall–Kier alpha value is -3.78. The SMILES string of the molecule is CCc1ncccc1CN(CCCOc1ccc2c(c1)N(C)CC(C)(C)CN2CC)CCn1ccc2oc(C)cc2c1=O. The summed E-state index contributed by atoms with van der Waals surface area (Å²) in [5, 5.41) is 0.637. The van der Waals surface area contributed by atoms with Gasteiger partial charge in [0.15, 0.2) is 0 Å². The third-order valence-corrected chi connectivity index (χ3v) is 8.40. The number of furan rings is 1. The second kappa shape index (κ2) is 13.2. The van der Waals surface area contributed by atoms with Crippen molar-refractivity contribution in [3.05, 3.63) is 82.2 Å². The van der Waals surface area contributed by atoms with E-state index in [1.807, 2.05) is 37.5 Å². The van der Waals surface area contributed by atoms with E-state index in [0.717, 1.165) is 69.3 Å². The van der Waals surface area contributed by atoms with Crippen molar-refractivity contribution in [2.45, 2.75) is 60.5 Å². The van der Waals surface area contributed by atoms with Crippen LogP contribution in [0.15, 0.2) is 64.1 Å². The molecule has 0 bridgehead atoms. The number of nitrogens with zero attached hydrogens (tertiary/aromatic N) is 5. The lowest BCUT2D eigenvalue weighted by Crippen LogP contribution is -2.37. The molecule has 0 spiro atoms. The Labute approximate surface area is 255 Å². The molecule has 8 nitrogen and oxygen atoms in total. The number of hydrogen-bond acceptors (Lipinski definition) is 7. The molecule has 8 heteroatoms. The summed E-state index contributed by atoms with van der Waals surface area (Å²) in [6.07, 6.45) is 5.47. The van der Waals surface area contributed by atoms with Gasteiger partial charge in [0, 0.05) is 77.0 Å². The highest BCUT2D eigenvalue weighted by molar-refractivity contribution is 5.76. The highest BCUT2D eigenvalue weighted by Crippen LogP contribution is 2.38. The van der Waals surface area contributed by atoms with E-state index in [0.29, 0.717) is 24.1 Å². The lowest BCUT2D eigenvalue weighted by atomic mass is 9.92. The second-order valence-corrected chi connectivity index (χ2v) is 12.6. The Morgan fingerprint density at radius 3 is 2.70 bits per heavy atom. The van der Waals surface area contributed by atoms with Crippen LogP contribution < -0.4 is 20.1 Å². The summed E-state index contributed by atoms with van der Waals surface area (Å²) in [6.45, 7) is 17.5. The van der Waals surface area contributed by atoms with E-state index in [4.69, 9.17) is 9.15 Å². The molecule has 0 saturated heterocycles. The normalized spacial score (nSPS) is 14.8. The Morgan fingerprint density at radius 1 is 1.07 bits per heavy atom. The van der Waals surface area contributed by atoms with E-state index in [-0.39, 0.29) is 11.0 Å². The minimum atomic E-state index is -0.00791. The molecule has 5 rings (SSSR count). The maximum absolute atomic E-state index is 13.1. The van der Waals surface area contributed by atoms with Crippen LogP contribution in [0.5, 0.6) is 5.75 Å². The lowest BCUT2D eigenvalue weighted by molar-refractivity contribution is 0.220. The molecule has 0 unspecified atom stereocenters. The Kier molecular flexibility index (Phi) is 9.45. The maximum atomic E-state index is 13.1. The summed E-state index contributed by atoms with van der Waals surface area (Å²) in [5.74, 6) is 1.66. The minimum Gasteiger partial charge on any atom is -0.493 e. The van der Waals surface area contributed by atoms with Crippen molar-refractivity contribution in [1.29, 1.82) is 0 Å².